The summed E-state index contributed by atoms with van der Waals surface area (Å²) in [5, 5.41) is 4.25. The fraction of sp³-hybridized carbons (Fsp3) is 0.357. The fourth-order valence-electron chi connectivity index (χ4n) is 2.13. The van der Waals surface area contributed by atoms with Crippen LogP contribution in [-0.4, -0.2) is 16.9 Å². The third-order valence-corrected chi connectivity index (χ3v) is 3.14. The van der Waals surface area contributed by atoms with E-state index < -0.39 is 6.04 Å². The number of halogens is 1. The third-order valence-electron chi connectivity index (χ3n) is 3.14. The molecule has 0 aliphatic rings. The molecule has 1 heterocycles. The summed E-state index contributed by atoms with van der Waals surface area (Å²) < 4.78 is 20.7. The summed E-state index contributed by atoms with van der Waals surface area (Å²) in [5.74, 6) is 0.149. The molecule has 0 spiro atoms. The molecule has 1 aromatic heterocycles. The lowest BCUT2D eigenvalue weighted by atomic mass is 10.0. The lowest BCUT2D eigenvalue weighted by Gasteiger charge is -2.13. The molecule has 4 nitrogen and oxygen atoms in total. The van der Waals surface area contributed by atoms with Crippen LogP contribution in [0.15, 0.2) is 24.3 Å². The summed E-state index contributed by atoms with van der Waals surface area (Å²) in [6.07, 6.45) is 0.542. The zero-order valence-corrected chi connectivity index (χ0v) is 11.4. The van der Waals surface area contributed by atoms with Crippen molar-refractivity contribution in [3.63, 3.8) is 0 Å². The molecule has 2 N–H and O–H groups in total. The summed E-state index contributed by atoms with van der Waals surface area (Å²) in [6, 6.07) is 6.29. The van der Waals surface area contributed by atoms with E-state index in [1.807, 2.05) is 20.0 Å². The first-order valence-corrected chi connectivity index (χ1v) is 6.09. The van der Waals surface area contributed by atoms with Gasteiger partial charge in [0, 0.05) is 36.8 Å². The molecule has 2 rings (SSSR count). The van der Waals surface area contributed by atoms with E-state index in [0.717, 1.165) is 11.4 Å². The molecule has 1 unspecified atom stereocenters. The minimum atomic E-state index is -0.402. The quantitative estimate of drug-likeness (QED) is 0.919. The molecule has 1 atom stereocenters. The monoisotopic (exact) mass is 263 g/mol. The highest BCUT2D eigenvalue weighted by atomic mass is 19.1. The van der Waals surface area contributed by atoms with E-state index >= 15 is 0 Å². The summed E-state index contributed by atoms with van der Waals surface area (Å²) in [5.41, 5.74) is 8.48. The predicted octanol–water partition coefficient (Wildman–Crippen LogP) is 2.12. The lowest BCUT2D eigenvalue weighted by Crippen LogP contribution is -2.16. The molecule has 102 valence electrons. The Balaban J connectivity index is 2.20. The van der Waals surface area contributed by atoms with E-state index in [1.165, 1.54) is 13.2 Å². The van der Waals surface area contributed by atoms with Gasteiger partial charge in [0.1, 0.15) is 11.6 Å². The average Bonchev–Trinajstić information content (AvgIpc) is 2.67. The average molecular weight is 263 g/mol. The van der Waals surface area contributed by atoms with E-state index in [1.54, 1.807) is 16.8 Å². The first-order chi connectivity index (χ1) is 9.01. The maximum absolute atomic E-state index is 13.9. The van der Waals surface area contributed by atoms with Crippen molar-refractivity contribution in [1.29, 1.82) is 0 Å². The van der Waals surface area contributed by atoms with Crippen molar-refractivity contribution in [2.24, 2.45) is 12.8 Å². The molecule has 0 bridgehead atoms. The number of aromatic nitrogens is 2. The van der Waals surface area contributed by atoms with Crippen molar-refractivity contribution in [3.8, 4) is 5.75 Å². The fourth-order valence-corrected chi connectivity index (χ4v) is 2.13. The van der Waals surface area contributed by atoms with Crippen LogP contribution in [0.5, 0.6) is 5.75 Å². The SMILES string of the molecule is COc1ccc(C(N)Cc2cc(C)nn2C)c(F)c1. The maximum atomic E-state index is 13.9. The van der Waals surface area contributed by atoms with Crippen LogP contribution in [0.3, 0.4) is 0 Å². The smallest absolute Gasteiger partial charge is 0.131 e. The van der Waals surface area contributed by atoms with Gasteiger partial charge in [0.05, 0.1) is 12.8 Å². The van der Waals surface area contributed by atoms with Crippen molar-refractivity contribution in [3.05, 3.63) is 47.0 Å². The number of nitrogens with zero attached hydrogens (tertiary/aromatic N) is 2. The molecule has 2 aromatic rings. The van der Waals surface area contributed by atoms with Gasteiger partial charge in [-0.2, -0.15) is 5.10 Å². The van der Waals surface area contributed by atoms with E-state index in [2.05, 4.69) is 5.10 Å². The Morgan fingerprint density at radius 2 is 2.16 bits per heavy atom. The van der Waals surface area contributed by atoms with Gasteiger partial charge in [-0.3, -0.25) is 4.68 Å². The van der Waals surface area contributed by atoms with Gasteiger partial charge < -0.3 is 10.5 Å². The molecule has 0 amide bonds. The number of rotatable bonds is 4. The molecule has 5 heteroatoms. The first kappa shape index (κ1) is 13.5. The van der Waals surface area contributed by atoms with Gasteiger partial charge in [-0.15, -0.1) is 0 Å². The maximum Gasteiger partial charge on any atom is 0.131 e. The molecular formula is C14H18FN3O. The topological polar surface area (TPSA) is 53.1 Å². The molecule has 19 heavy (non-hydrogen) atoms. The summed E-state index contributed by atoms with van der Waals surface area (Å²) in [6.45, 7) is 1.92. The normalized spacial score (nSPS) is 12.5. The number of methoxy groups -OCH3 is 1. The molecule has 0 saturated carbocycles. The van der Waals surface area contributed by atoms with Gasteiger partial charge in [-0.25, -0.2) is 4.39 Å². The zero-order chi connectivity index (χ0) is 14.0. The minimum Gasteiger partial charge on any atom is -0.497 e. The second-order valence-corrected chi connectivity index (χ2v) is 4.60. The van der Waals surface area contributed by atoms with Gasteiger partial charge in [0.2, 0.25) is 0 Å². The van der Waals surface area contributed by atoms with Crippen molar-refractivity contribution in [1.82, 2.24) is 9.78 Å². The van der Waals surface area contributed by atoms with Crippen LogP contribution in [0.25, 0.3) is 0 Å². The number of nitrogens with two attached hydrogens (primary N) is 1. The van der Waals surface area contributed by atoms with Crippen LogP contribution in [0.2, 0.25) is 0 Å². The largest absolute Gasteiger partial charge is 0.497 e. The van der Waals surface area contributed by atoms with Crippen LogP contribution in [0.4, 0.5) is 4.39 Å². The molecule has 0 saturated heterocycles. The van der Waals surface area contributed by atoms with Gasteiger partial charge in [-0.1, -0.05) is 6.07 Å². The highest BCUT2D eigenvalue weighted by Gasteiger charge is 2.15. The molecule has 0 radical (unpaired) electrons. The standard InChI is InChI=1S/C14H18FN3O/c1-9-6-10(18(2)17-9)7-14(16)12-5-4-11(19-3)8-13(12)15/h4-6,8,14H,7,16H2,1-3H3. The van der Waals surface area contributed by atoms with Crippen LogP contribution in [-0.2, 0) is 13.5 Å². The van der Waals surface area contributed by atoms with Gasteiger partial charge in [0.15, 0.2) is 0 Å². The number of benzene rings is 1. The first-order valence-electron chi connectivity index (χ1n) is 6.09. The second kappa shape index (κ2) is 5.40. The Morgan fingerprint density at radius 3 is 2.68 bits per heavy atom. The molecule has 1 aromatic carbocycles. The Bertz CT molecular complexity index is 580. The van der Waals surface area contributed by atoms with Crippen LogP contribution in [0.1, 0.15) is 23.0 Å². The van der Waals surface area contributed by atoms with Crippen molar-refractivity contribution in [2.45, 2.75) is 19.4 Å². The molecule has 0 fully saturated rings. The van der Waals surface area contributed by atoms with E-state index in [9.17, 15) is 4.39 Å². The summed E-state index contributed by atoms with van der Waals surface area (Å²) >= 11 is 0. The predicted molar refractivity (Wildman–Crippen MR) is 71.5 cm³/mol. The second-order valence-electron chi connectivity index (χ2n) is 4.60. The van der Waals surface area contributed by atoms with Gasteiger partial charge >= 0.3 is 0 Å². The number of ether oxygens (including phenoxy) is 1. The molecule has 0 aliphatic carbocycles. The summed E-state index contributed by atoms with van der Waals surface area (Å²) in [7, 11) is 3.37. The minimum absolute atomic E-state index is 0.342. The number of hydrogen-bond acceptors (Lipinski definition) is 3. The Morgan fingerprint density at radius 1 is 1.42 bits per heavy atom. The van der Waals surface area contributed by atoms with Crippen LogP contribution in [0, 0.1) is 12.7 Å². The van der Waals surface area contributed by atoms with Crippen LogP contribution < -0.4 is 10.5 Å². The molecular weight excluding hydrogens is 245 g/mol. The Hall–Kier alpha value is -1.88. The van der Waals surface area contributed by atoms with Gasteiger partial charge in [-0.05, 0) is 19.1 Å². The Labute approximate surface area is 112 Å². The number of aryl methyl sites for hydroxylation is 2. The molecule has 0 aliphatic heterocycles. The van der Waals surface area contributed by atoms with Gasteiger partial charge in [0.25, 0.3) is 0 Å². The van der Waals surface area contributed by atoms with Crippen molar-refractivity contribution >= 4 is 0 Å². The highest BCUT2D eigenvalue weighted by molar-refractivity contribution is 5.31. The third kappa shape index (κ3) is 2.93. The Kier molecular flexibility index (Phi) is 3.85. The van der Waals surface area contributed by atoms with E-state index in [-0.39, 0.29) is 5.82 Å². The van der Waals surface area contributed by atoms with E-state index in [4.69, 9.17) is 10.5 Å². The van der Waals surface area contributed by atoms with Crippen LogP contribution >= 0.6 is 0 Å². The van der Waals surface area contributed by atoms with Crippen molar-refractivity contribution < 1.29 is 9.13 Å². The highest BCUT2D eigenvalue weighted by Crippen LogP contribution is 2.23. The van der Waals surface area contributed by atoms with E-state index in [0.29, 0.717) is 17.7 Å². The zero-order valence-electron chi connectivity index (χ0n) is 11.4. The lowest BCUT2D eigenvalue weighted by molar-refractivity contribution is 0.410. The van der Waals surface area contributed by atoms with Crippen molar-refractivity contribution in [2.75, 3.05) is 7.11 Å². The summed E-state index contributed by atoms with van der Waals surface area (Å²) in [4.78, 5) is 0. The number of hydrogen-bond donors (Lipinski definition) is 1.